The predicted molar refractivity (Wildman–Crippen MR) is 104 cm³/mol. The number of benzene rings is 1. The van der Waals surface area contributed by atoms with Gasteiger partial charge in [-0.3, -0.25) is 19.5 Å². The molecule has 2 aliphatic heterocycles. The number of anilines is 1. The molecule has 0 aliphatic carbocycles. The Morgan fingerprint density at radius 2 is 1.93 bits per heavy atom. The number of likely N-dealkylation sites (tertiary alicyclic amines) is 1. The van der Waals surface area contributed by atoms with Crippen LogP contribution in [0.25, 0.3) is 0 Å². The van der Waals surface area contributed by atoms with Crippen LogP contribution in [0.2, 0.25) is 0 Å². The zero-order chi connectivity index (χ0) is 19.0. The number of hydrogen-bond acceptors (Lipinski definition) is 4. The van der Waals surface area contributed by atoms with Crippen LogP contribution in [0, 0.1) is 6.92 Å². The van der Waals surface area contributed by atoms with Gasteiger partial charge in [0, 0.05) is 31.4 Å². The first-order valence-corrected chi connectivity index (χ1v) is 9.26. The lowest BCUT2D eigenvalue weighted by atomic mass is 9.92. The van der Waals surface area contributed by atoms with Crippen molar-refractivity contribution in [3.05, 3.63) is 59.9 Å². The van der Waals surface area contributed by atoms with Gasteiger partial charge in [0.1, 0.15) is 0 Å². The molecule has 0 N–H and O–H groups in total. The van der Waals surface area contributed by atoms with E-state index in [0.717, 1.165) is 23.2 Å². The van der Waals surface area contributed by atoms with Gasteiger partial charge in [0.25, 0.3) is 5.91 Å². The van der Waals surface area contributed by atoms with E-state index in [0.29, 0.717) is 26.2 Å². The van der Waals surface area contributed by atoms with E-state index in [9.17, 15) is 9.59 Å². The summed E-state index contributed by atoms with van der Waals surface area (Å²) in [5.41, 5.74) is 2.46. The summed E-state index contributed by atoms with van der Waals surface area (Å²) in [4.78, 5) is 35.5. The highest BCUT2D eigenvalue weighted by atomic mass is 16.2. The van der Waals surface area contributed by atoms with Crippen LogP contribution in [0.3, 0.4) is 0 Å². The molecule has 1 aromatic carbocycles. The minimum atomic E-state index is -0.218. The van der Waals surface area contributed by atoms with E-state index in [1.54, 1.807) is 12.4 Å². The van der Waals surface area contributed by atoms with Crippen LogP contribution in [-0.2, 0) is 4.79 Å². The maximum atomic E-state index is 12.9. The molecule has 0 radical (unpaired) electrons. The number of rotatable bonds is 2. The quantitative estimate of drug-likeness (QED) is 0.817. The Morgan fingerprint density at radius 1 is 1.15 bits per heavy atom. The molecule has 1 aromatic heterocycles. The number of pyridine rings is 1. The summed E-state index contributed by atoms with van der Waals surface area (Å²) in [6.45, 7) is 4.26. The van der Waals surface area contributed by atoms with Crippen LogP contribution in [0.1, 0.15) is 22.3 Å². The lowest BCUT2D eigenvalue weighted by molar-refractivity contribution is -0.123. The molecule has 3 heterocycles. The lowest BCUT2D eigenvalue weighted by Gasteiger charge is -2.46. The summed E-state index contributed by atoms with van der Waals surface area (Å²) in [6, 6.07) is 11.5. The second-order valence-electron chi connectivity index (χ2n) is 7.61. The maximum absolute atomic E-state index is 12.9. The average Bonchev–Trinajstić information content (AvgIpc) is 3.11. The third-order valence-corrected chi connectivity index (χ3v) is 5.81. The number of aryl methyl sites for hydroxylation is 1. The first kappa shape index (κ1) is 17.7. The van der Waals surface area contributed by atoms with Gasteiger partial charge in [0.05, 0.1) is 24.0 Å². The monoisotopic (exact) mass is 364 g/mol. The third kappa shape index (κ3) is 3.21. The molecule has 1 spiro atoms. The smallest absolute Gasteiger partial charge is 0.253 e. The minimum Gasteiger partial charge on any atom is -0.337 e. The Hall–Kier alpha value is -2.73. The number of carbonyl (C=O) groups excluding carboxylic acids is 2. The molecule has 2 aromatic rings. The van der Waals surface area contributed by atoms with Gasteiger partial charge >= 0.3 is 0 Å². The topological polar surface area (TPSA) is 56.8 Å². The fourth-order valence-corrected chi connectivity index (χ4v) is 4.06. The van der Waals surface area contributed by atoms with Gasteiger partial charge in [-0.15, -0.1) is 0 Å². The van der Waals surface area contributed by atoms with Crippen LogP contribution < -0.4 is 4.90 Å². The molecule has 0 bridgehead atoms. The number of carbonyl (C=O) groups is 2. The van der Waals surface area contributed by atoms with Gasteiger partial charge in [-0.25, -0.2) is 0 Å². The van der Waals surface area contributed by atoms with Crippen LogP contribution in [0.15, 0.2) is 48.8 Å². The molecule has 4 rings (SSSR count). The number of likely N-dealkylation sites (N-methyl/N-ethyl adjacent to an activating group) is 1. The first-order valence-electron chi connectivity index (χ1n) is 9.26. The molecule has 6 heteroatoms. The highest BCUT2D eigenvalue weighted by Crippen LogP contribution is 2.33. The van der Waals surface area contributed by atoms with Crippen molar-refractivity contribution in [2.45, 2.75) is 18.9 Å². The molecule has 0 unspecified atom stereocenters. The third-order valence-electron chi connectivity index (χ3n) is 5.81. The van der Waals surface area contributed by atoms with Gasteiger partial charge in [-0.1, -0.05) is 17.7 Å². The molecular weight excluding hydrogens is 340 g/mol. The van der Waals surface area contributed by atoms with Crippen molar-refractivity contribution in [3.8, 4) is 0 Å². The van der Waals surface area contributed by atoms with E-state index in [-0.39, 0.29) is 17.4 Å². The molecule has 2 saturated heterocycles. The standard InChI is InChI=1S/C21H24N4O2/c1-16-5-7-17(8-6-16)20(27)24-11-9-21(14-24)15-25(19(26)13-23(21)2)18-4-3-10-22-12-18/h3-8,10,12H,9,11,13-15H2,1-2H3/t21-/m0/s1. The maximum Gasteiger partial charge on any atom is 0.253 e. The summed E-state index contributed by atoms with van der Waals surface area (Å²) in [5.74, 6) is 0.129. The van der Waals surface area contributed by atoms with Crippen molar-refractivity contribution in [1.82, 2.24) is 14.8 Å². The Balaban J connectivity index is 1.55. The largest absolute Gasteiger partial charge is 0.337 e. The fourth-order valence-electron chi connectivity index (χ4n) is 4.06. The highest BCUT2D eigenvalue weighted by Gasteiger charge is 2.48. The van der Waals surface area contributed by atoms with E-state index in [1.807, 2.05) is 60.2 Å². The SMILES string of the molecule is Cc1ccc(C(=O)N2CC[C@]3(C2)CN(c2cccnc2)C(=O)CN3C)cc1. The molecule has 27 heavy (non-hydrogen) atoms. The van der Waals surface area contributed by atoms with Crippen molar-refractivity contribution >= 4 is 17.5 Å². The molecular formula is C21H24N4O2. The number of amides is 2. The van der Waals surface area contributed by atoms with Crippen molar-refractivity contribution in [1.29, 1.82) is 0 Å². The molecule has 2 aliphatic rings. The van der Waals surface area contributed by atoms with E-state index in [2.05, 4.69) is 9.88 Å². The number of nitrogens with zero attached hydrogens (tertiary/aromatic N) is 4. The van der Waals surface area contributed by atoms with Crippen molar-refractivity contribution in [3.63, 3.8) is 0 Å². The summed E-state index contributed by atoms with van der Waals surface area (Å²) >= 11 is 0. The van der Waals surface area contributed by atoms with E-state index in [1.165, 1.54) is 0 Å². The lowest BCUT2D eigenvalue weighted by Crippen LogP contribution is -2.64. The van der Waals surface area contributed by atoms with E-state index >= 15 is 0 Å². The van der Waals surface area contributed by atoms with Gasteiger partial charge in [0.2, 0.25) is 5.91 Å². The second-order valence-corrected chi connectivity index (χ2v) is 7.61. The van der Waals surface area contributed by atoms with Gasteiger partial charge in [-0.05, 0) is 44.7 Å². The Labute approximate surface area is 159 Å². The summed E-state index contributed by atoms with van der Waals surface area (Å²) in [6.07, 6.45) is 4.28. The van der Waals surface area contributed by atoms with Crippen molar-refractivity contribution in [2.75, 3.05) is 38.1 Å². The van der Waals surface area contributed by atoms with Gasteiger partial charge in [0.15, 0.2) is 0 Å². The predicted octanol–water partition coefficient (Wildman–Crippen LogP) is 1.95. The zero-order valence-electron chi connectivity index (χ0n) is 15.8. The van der Waals surface area contributed by atoms with Crippen LogP contribution in [-0.4, -0.2) is 65.4 Å². The molecule has 2 amide bonds. The van der Waals surface area contributed by atoms with E-state index < -0.39 is 0 Å². The molecule has 1 atom stereocenters. The highest BCUT2D eigenvalue weighted by molar-refractivity contribution is 5.96. The summed E-state index contributed by atoms with van der Waals surface area (Å²) in [5, 5.41) is 0. The van der Waals surface area contributed by atoms with Crippen LogP contribution in [0.5, 0.6) is 0 Å². The molecule has 0 saturated carbocycles. The number of piperazine rings is 1. The van der Waals surface area contributed by atoms with Crippen molar-refractivity contribution < 1.29 is 9.59 Å². The number of hydrogen-bond donors (Lipinski definition) is 0. The molecule has 2 fully saturated rings. The fraction of sp³-hybridized carbons (Fsp3) is 0.381. The van der Waals surface area contributed by atoms with Crippen LogP contribution in [0.4, 0.5) is 5.69 Å². The Bertz CT molecular complexity index is 852. The molecule has 6 nitrogen and oxygen atoms in total. The van der Waals surface area contributed by atoms with E-state index in [4.69, 9.17) is 0 Å². The van der Waals surface area contributed by atoms with Crippen molar-refractivity contribution in [2.24, 2.45) is 0 Å². The molecule has 140 valence electrons. The second kappa shape index (κ2) is 6.78. The zero-order valence-corrected chi connectivity index (χ0v) is 15.8. The van der Waals surface area contributed by atoms with Gasteiger partial charge in [-0.2, -0.15) is 0 Å². The Kier molecular flexibility index (Phi) is 4.44. The average molecular weight is 364 g/mol. The van der Waals surface area contributed by atoms with Crippen LogP contribution >= 0.6 is 0 Å². The first-order chi connectivity index (χ1) is 13.0. The normalized spacial score (nSPS) is 23.3. The number of aromatic nitrogens is 1. The summed E-state index contributed by atoms with van der Waals surface area (Å²) in [7, 11) is 1.98. The minimum absolute atomic E-state index is 0.0603. The Morgan fingerprint density at radius 3 is 2.63 bits per heavy atom. The van der Waals surface area contributed by atoms with Gasteiger partial charge < -0.3 is 9.80 Å². The summed E-state index contributed by atoms with van der Waals surface area (Å²) < 4.78 is 0.